The molecule has 0 unspecified atom stereocenters. The smallest absolute Gasteiger partial charge is 0.453 e. The molecular weight excluding hydrogens is 419 g/mol. The summed E-state index contributed by atoms with van der Waals surface area (Å²) in [4.78, 5) is 17.2. The number of hydrogen-bond acceptors (Lipinski definition) is 7. The minimum Gasteiger partial charge on any atom is -0.453 e. The number of anilines is 1. The molecule has 2 N–H and O–H groups in total. The van der Waals surface area contributed by atoms with Gasteiger partial charge in [-0.15, -0.1) is 13.2 Å². The number of rotatable bonds is 5. The summed E-state index contributed by atoms with van der Waals surface area (Å²) in [5.74, 6) is -1.10. The summed E-state index contributed by atoms with van der Waals surface area (Å²) in [6.45, 7) is 0. The number of ether oxygens (including phenoxy) is 2. The third kappa shape index (κ3) is 4.87. The Hall–Kier alpha value is -3.48. The predicted molar refractivity (Wildman–Crippen MR) is 93.1 cm³/mol. The number of H-pyrrole nitrogens is 1. The first-order valence-electron chi connectivity index (χ1n) is 7.71. The van der Waals surface area contributed by atoms with Gasteiger partial charge in [0.2, 0.25) is 5.95 Å². The van der Waals surface area contributed by atoms with E-state index in [1.165, 1.54) is 30.3 Å². The van der Waals surface area contributed by atoms with Crippen LogP contribution in [0.5, 0.6) is 11.5 Å². The Labute approximate surface area is 161 Å². The average molecular weight is 431 g/mol. The number of halogens is 3. The van der Waals surface area contributed by atoms with Crippen molar-refractivity contribution in [2.75, 3.05) is 12.4 Å². The van der Waals surface area contributed by atoms with Crippen molar-refractivity contribution in [3.05, 3.63) is 42.5 Å². The van der Waals surface area contributed by atoms with Gasteiger partial charge in [-0.3, -0.25) is 5.32 Å². The zero-order valence-electron chi connectivity index (χ0n) is 14.5. The number of carbonyl (C=O) groups excluding carboxylic acids is 1. The number of imidazole rings is 1. The van der Waals surface area contributed by atoms with Crippen LogP contribution in [0.15, 0.2) is 47.4 Å². The Morgan fingerprint density at radius 2 is 1.90 bits per heavy atom. The Bertz CT molecular complexity index is 1160. The number of fused-ring (bicyclic) bond motifs is 1. The molecule has 0 radical (unpaired) electrons. The molecule has 1 amide bonds. The number of aromatic nitrogens is 2. The summed E-state index contributed by atoms with van der Waals surface area (Å²) in [7, 11) is -3.49. The molecule has 0 atom stereocenters. The molecule has 1 heterocycles. The zero-order valence-corrected chi connectivity index (χ0v) is 15.3. The SMILES string of the molecule is COC(=O)Nc1nc2cc(OS(=O)(=O)c3ccccc3OC(F)(F)F)ccc2[nH]1. The number of nitrogens with zero attached hydrogens (tertiary/aromatic N) is 1. The van der Waals surface area contributed by atoms with Gasteiger partial charge in [-0.1, -0.05) is 12.1 Å². The standard InChI is InChI=1S/C16H12F3N3O6S/c1-26-15(23)22-14-20-10-7-6-9(8-11(10)21-14)28-29(24,25)13-5-3-2-4-12(13)27-16(17,18)19/h2-8H,1H3,(H2,20,21,22,23). The largest absolute Gasteiger partial charge is 0.573 e. The third-order valence-electron chi connectivity index (χ3n) is 3.41. The topological polar surface area (TPSA) is 120 Å². The molecule has 154 valence electrons. The fourth-order valence-corrected chi connectivity index (χ4v) is 3.33. The van der Waals surface area contributed by atoms with Crippen molar-refractivity contribution in [3.63, 3.8) is 0 Å². The first-order chi connectivity index (χ1) is 13.6. The number of methoxy groups -OCH3 is 1. The van der Waals surface area contributed by atoms with Crippen LogP contribution in [0.2, 0.25) is 0 Å². The van der Waals surface area contributed by atoms with E-state index in [0.717, 1.165) is 19.2 Å². The van der Waals surface area contributed by atoms with Gasteiger partial charge in [0.25, 0.3) is 0 Å². The van der Waals surface area contributed by atoms with E-state index in [-0.39, 0.29) is 17.2 Å². The second-order valence-corrected chi connectivity index (χ2v) is 6.93. The summed E-state index contributed by atoms with van der Waals surface area (Å²) in [5.41, 5.74) is 0.658. The summed E-state index contributed by atoms with van der Waals surface area (Å²) >= 11 is 0. The van der Waals surface area contributed by atoms with Gasteiger partial charge in [-0.05, 0) is 24.3 Å². The molecule has 1 aromatic heterocycles. The van der Waals surface area contributed by atoms with Crippen molar-refractivity contribution in [1.29, 1.82) is 0 Å². The number of aromatic amines is 1. The highest BCUT2D eigenvalue weighted by atomic mass is 32.2. The Kier molecular flexibility index (Phi) is 5.24. The van der Waals surface area contributed by atoms with Crippen LogP contribution in [-0.2, 0) is 14.9 Å². The van der Waals surface area contributed by atoms with Gasteiger partial charge in [0.05, 0.1) is 18.1 Å². The maximum Gasteiger partial charge on any atom is 0.573 e. The van der Waals surface area contributed by atoms with E-state index in [2.05, 4.69) is 24.8 Å². The van der Waals surface area contributed by atoms with E-state index in [1.807, 2.05) is 0 Å². The van der Waals surface area contributed by atoms with Gasteiger partial charge in [-0.25, -0.2) is 9.78 Å². The van der Waals surface area contributed by atoms with Crippen LogP contribution >= 0.6 is 0 Å². The molecular formula is C16H12F3N3O6S. The zero-order chi connectivity index (χ0) is 21.2. The Morgan fingerprint density at radius 1 is 1.17 bits per heavy atom. The molecule has 29 heavy (non-hydrogen) atoms. The van der Waals surface area contributed by atoms with Crippen molar-refractivity contribution < 1.29 is 40.0 Å². The lowest BCUT2D eigenvalue weighted by Gasteiger charge is -2.13. The van der Waals surface area contributed by atoms with Crippen LogP contribution < -0.4 is 14.2 Å². The summed E-state index contributed by atoms with van der Waals surface area (Å²) in [6.07, 6.45) is -5.85. The van der Waals surface area contributed by atoms with Gasteiger partial charge >= 0.3 is 22.6 Å². The molecule has 2 aromatic carbocycles. The third-order valence-corrected chi connectivity index (χ3v) is 4.70. The fourth-order valence-electron chi connectivity index (χ4n) is 2.28. The molecule has 0 saturated heterocycles. The number of hydrogen-bond donors (Lipinski definition) is 2. The predicted octanol–water partition coefficient (Wildman–Crippen LogP) is 3.41. The van der Waals surface area contributed by atoms with Crippen LogP contribution in [0.25, 0.3) is 11.0 Å². The number of nitrogens with one attached hydrogen (secondary N) is 2. The van der Waals surface area contributed by atoms with Crippen molar-refractivity contribution in [2.24, 2.45) is 0 Å². The molecule has 3 aromatic rings. The molecule has 0 aliphatic heterocycles. The van der Waals surface area contributed by atoms with Gasteiger partial charge in [0.1, 0.15) is 10.6 Å². The first-order valence-corrected chi connectivity index (χ1v) is 9.12. The summed E-state index contributed by atoms with van der Waals surface area (Å²) in [5, 5.41) is 2.29. The normalized spacial score (nSPS) is 11.9. The maximum absolute atomic E-state index is 12.5. The highest BCUT2D eigenvalue weighted by molar-refractivity contribution is 7.87. The number of amides is 1. The minimum absolute atomic E-state index is 0.0378. The lowest BCUT2D eigenvalue weighted by atomic mass is 10.3. The molecule has 0 aliphatic rings. The van der Waals surface area contributed by atoms with Crippen LogP contribution in [0.3, 0.4) is 0 Å². The molecule has 9 nitrogen and oxygen atoms in total. The van der Waals surface area contributed by atoms with Crippen LogP contribution in [-0.4, -0.2) is 38.0 Å². The molecule has 13 heteroatoms. The van der Waals surface area contributed by atoms with Gasteiger partial charge < -0.3 is 18.6 Å². The minimum atomic E-state index is -5.08. The first kappa shape index (κ1) is 20.3. The maximum atomic E-state index is 12.5. The van der Waals surface area contributed by atoms with Crippen LogP contribution in [0.4, 0.5) is 23.9 Å². The summed E-state index contributed by atoms with van der Waals surface area (Å²) < 4.78 is 75.6. The van der Waals surface area contributed by atoms with E-state index in [9.17, 15) is 26.4 Å². The fraction of sp³-hybridized carbons (Fsp3) is 0.125. The van der Waals surface area contributed by atoms with E-state index < -0.39 is 33.2 Å². The number of benzene rings is 2. The van der Waals surface area contributed by atoms with Gasteiger partial charge in [-0.2, -0.15) is 8.42 Å². The molecule has 3 rings (SSSR count). The quantitative estimate of drug-likeness (QED) is 0.594. The Morgan fingerprint density at radius 3 is 2.59 bits per heavy atom. The molecule has 0 saturated carbocycles. The monoisotopic (exact) mass is 431 g/mol. The van der Waals surface area contributed by atoms with Crippen molar-refractivity contribution >= 4 is 33.2 Å². The van der Waals surface area contributed by atoms with E-state index in [0.29, 0.717) is 5.52 Å². The van der Waals surface area contributed by atoms with Gasteiger partial charge in [0.15, 0.2) is 5.75 Å². The average Bonchev–Trinajstić information content (AvgIpc) is 3.01. The lowest BCUT2D eigenvalue weighted by Crippen LogP contribution is -2.20. The highest BCUT2D eigenvalue weighted by Crippen LogP contribution is 2.31. The summed E-state index contributed by atoms with van der Waals surface area (Å²) in [6, 6.07) is 8.07. The molecule has 0 bridgehead atoms. The van der Waals surface area contributed by atoms with Crippen LogP contribution in [0.1, 0.15) is 0 Å². The molecule has 0 spiro atoms. The second-order valence-electron chi connectivity index (χ2n) is 5.41. The van der Waals surface area contributed by atoms with Crippen molar-refractivity contribution in [1.82, 2.24) is 9.97 Å². The Balaban J connectivity index is 1.89. The van der Waals surface area contributed by atoms with Crippen molar-refractivity contribution in [2.45, 2.75) is 11.3 Å². The van der Waals surface area contributed by atoms with Crippen LogP contribution in [0, 0.1) is 0 Å². The lowest BCUT2D eigenvalue weighted by molar-refractivity contribution is -0.275. The number of alkyl halides is 3. The number of carbonyl (C=O) groups is 1. The van der Waals surface area contributed by atoms with Crippen molar-refractivity contribution in [3.8, 4) is 11.5 Å². The molecule has 0 aliphatic carbocycles. The second kappa shape index (κ2) is 7.50. The number of para-hydroxylation sites is 1. The molecule has 0 fully saturated rings. The van der Waals surface area contributed by atoms with Gasteiger partial charge in [0, 0.05) is 6.07 Å². The highest BCUT2D eigenvalue weighted by Gasteiger charge is 2.34. The van der Waals surface area contributed by atoms with E-state index >= 15 is 0 Å². The van der Waals surface area contributed by atoms with E-state index in [1.54, 1.807) is 0 Å². The van der Waals surface area contributed by atoms with E-state index in [4.69, 9.17) is 4.18 Å².